The molecule has 1 atom stereocenters. The van der Waals surface area contributed by atoms with Gasteiger partial charge in [-0.3, -0.25) is 14.4 Å². The summed E-state index contributed by atoms with van der Waals surface area (Å²) in [5.74, 6) is -0.968. The van der Waals surface area contributed by atoms with Gasteiger partial charge in [0.25, 0.3) is 0 Å². The predicted octanol–water partition coefficient (Wildman–Crippen LogP) is 19.0. The summed E-state index contributed by atoms with van der Waals surface area (Å²) >= 11 is 0. The van der Waals surface area contributed by atoms with Crippen LogP contribution in [0.3, 0.4) is 0 Å². The van der Waals surface area contributed by atoms with E-state index in [4.69, 9.17) is 14.2 Å². The van der Waals surface area contributed by atoms with Crippen LogP contribution in [0, 0.1) is 0 Å². The van der Waals surface area contributed by atoms with Crippen molar-refractivity contribution in [2.24, 2.45) is 0 Å². The van der Waals surface area contributed by atoms with Crippen molar-refractivity contribution >= 4 is 17.9 Å². The highest BCUT2D eigenvalue weighted by Gasteiger charge is 2.19. The summed E-state index contributed by atoms with van der Waals surface area (Å²) in [5, 5.41) is 0. The molecule has 0 aromatic carbocycles. The Hall–Kier alpha value is -4.45. The van der Waals surface area contributed by atoms with E-state index < -0.39 is 6.10 Å². The minimum Gasteiger partial charge on any atom is -0.462 e. The summed E-state index contributed by atoms with van der Waals surface area (Å²) in [6, 6.07) is 0. The zero-order chi connectivity index (χ0) is 50.7. The van der Waals surface area contributed by atoms with E-state index >= 15 is 0 Å². The van der Waals surface area contributed by atoms with Crippen molar-refractivity contribution in [3.05, 3.63) is 134 Å². The predicted molar refractivity (Wildman–Crippen MR) is 302 cm³/mol. The SMILES string of the molecule is CC/C=C\C/C=C\C/C=C\C/C=C\C/C=C\CCCCCCCC(=O)OCC(COC(=O)CCCCCCC/C=C\C/C=C\CCCC)OC(=O)CCCCCC/C=C\C/C=C\C/C=C\C/C=C\CC. The van der Waals surface area contributed by atoms with E-state index in [9.17, 15) is 14.4 Å². The first kappa shape index (κ1) is 65.5. The van der Waals surface area contributed by atoms with Gasteiger partial charge in [0.05, 0.1) is 0 Å². The van der Waals surface area contributed by atoms with Crippen LogP contribution < -0.4 is 0 Å². The molecule has 0 bridgehead atoms. The molecule has 6 heteroatoms. The van der Waals surface area contributed by atoms with Crippen LogP contribution in [0.5, 0.6) is 0 Å². The minimum absolute atomic E-state index is 0.106. The molecule has 0 saturated heterocycles. The van der Waals surface area contributed by atoms with Crippen molar-refractivity contribution in [3.63, 3.8) is 0 Å². The van der Waals surface area contributed by atoms with Crippen LogP contribution in [-0.2, 0) is 28.6 Å². The van der Waals surface area contributed by atoms with E-state index in [-0.39, 0.29) is 37.5 Å². The van der Waals surface area contributed by atoms with Crippen LogP contribution >= 0.6 is 0 Å². The van der Waals surface area contributed by atoms with Gasteiger partial charge in [0.2, 0.25) is 0 Å². The third kappa shape index (κ3) is 54.5. The van der Waals surface area contributed by atoms with Crippen LogP contribution in [0.2, 0.25) is 0 Å². The quantitative estimate of drug-likeness (QED) is 0.0262. The van der Waals surface area contributed by atoms with E-state index in [0.29, 0.717) is 12.8 Å². The maximum atomic E-state index is 12.8. The van der Waals surface area contributed by atoms with Gasteiger partial charge in [-0.25, -0.2) is 0 Å². The molecule has 70 heavy (non-hydrogen) atoms. The van der Waals surface area contributed by atoms with Crippen LogP contribution in [0.1, 0.15) is 233 Å². The highest BCUT2D eigenvalue weighted by Crippen LogP contribution is 2.13. The molecule has 0 N–H and O–H groups in total. The second-order valence-electron chi connectivity index (χ2n) is 18.1. The highest BCUT2D eigenvalue weighted by atomic mass is 16.6. The molecule has 6 nitrogen and oxygen atoms in total. The van der Waals surface area contributed by atoms with Gasteiger partial charge < -0.3 is 14.2 Å². The zero-order valence-electron chi connectivity index (χ0n) is 45.0. The summed E-state index contributed by atoms with van der Waals surface area (Å²) in [6.07, 6.45) is 80.0. The number of carbonyl (C=O) groups excluding carboxylic acids is 3. The van der Waals surface area contributed by atoms with Crippen molar-refractivity contribution in [3.8, 4) is 0 Å². The third-order valence-corrected chi connectivity index (χ3v) is 11.4. The molecule has 1 unspecified atom stereocenters. The molecule has 0 aromatic heterocycles. The highest BCUT2D eigenvalue weighted by molar-refractivity contribution is 5.71. The Bertz CT molecular complexity index is 1530. The molecule has 0 fully saturated rings. The Labute approximate surface area is 430 Å². The van der Waals surface area contributed by atoms with E-state index in [1.165, 1.54) is 19.3 Å². The minimum atomic E-state index is -0.811. The van der Waals surface area contributed by atoms with Crippen LogP contribution in [0.15, 0.2) is 134 Å². The molecule has 0 heterocycles. The van der Waals surface area contributed by atoms with Gasteiger partial charge in [0.1, 0.15) is 13.2 Å². The van der Waals surface area contributed by atoms with Crippen molar-refractivity contribution in [1.29, 1.82) is 0 Å². The van der Waals surface area contributed by atoms with Gasteiger partial charge in [-0.1, -0.05) is 219 Å². The van der Waals surface area contributed by atoms with E-state index in [1.54, 1.807) is 0 Å². The van der Waals surface area contributed by atoms with E-state index in [0.717, 1.165) is 173 Å². The van der Waals surface area contributed by atoms with E-state index in [1.807, 2.05) is 0 Å². The number of rotatable bonds is 49. The largest absolute Gasteiger partial charge is 0.462 e. The van der Waals surface area contributed by atoms with Gasteiger partial charge in [-0.2, -0.15) is 0 Å². The van der Waals surface area contributed by atoms with Crippen molar-refractivity contribution in [2.45, 2.75) is 239 Å². The summed E-state index contributed by atoms with van der Waals surface area (Å²) in [6.45, 7) is 6.31. The first-order chi connectivity index (χ1) is 34.5. The molecule has 0 saturated carbocycles. The number of esters is 3. The number of carbonyl (C=O) groups is 3. The molecule has 0 aliphatic heterocycles. The fourth-order valence-corrected chi connectivity index (χ4v) is 7.18. The third-order valence-electron chi connectivity index (χ3n) is 11.4. The lowest BCUT2D eigenvalue weighted by atomic mass is 10.1. The molecular formula is C64H102O6. The summed E-state index contributed by atoms with van der Waals surface area (Å²) in [7, 11) is 0. The van der Waals surface area contributed by atoms with Crippen molar-refractivity contribution in [2.75, 3.05) is 13.2 Å². The zero-order valence-corrected chi connectivity index (χ0v) is 45.0. The molecule has 0 aliphatic carbocycles. The molecule has 0 aliphatic rings. The molecular weight excluding hydrogens is 865 g/mol. The summed E-state index contributed by atoms with van der Waals surface area (Å²) in [4.78, 5) is 38.2. The standard InChI is InChI=1S/C64H102O6/c1-4-7-10-13-16-19-22-25-28-30-31-32-33-35-36-39-42-45-48-51-54-57-63(66)69-60-61(59-68-62(65)56-53-50-47-44-41-38-27-24-21-18-15-12-9-6-3)70-64(67)58-55-52-49-46-43-40-37-34-29-26-23-20-17-14-11-8-5-2/h7-8,10-11,15-20,24-29,31-32,35-37,40,61H,4-6,9,12-14,21-23,30,33-34,38-39,41-60H2,1-3H3/b10-7-,11-8-,18-15-,19-16-,20-17-,27-24-,28-25-,29-26-,32-31-,36-35-,40-37-. The van der Waals surface area contributed by atoms with E-state index in [2.05, 4.69) is 154 Å². The van der Waals surface area contributed by atoms with Crippen LogP contribution in [0.25, 0.3) is 0 Å². The molecule has 0 amide bonds. The first-order valence-corrected chi connectivity index (χ1v) is 28.2. The monoisotopic (exact) mass is 967 g/mol. The number of ether oxygens (including phenoxy) is 3. The molecule has 0 radical (unpaired) electrons. The Morgan fingerprint density at radius 3 is 0.871 bits per heavy atom. The normalized spacial score (nSPS) is 13.1. The number of hydrogen-bond acceptors (Lipinski definition) is 6. The first-order valence-electron chi connectivity index (χ1n) is 28.2. The van der Waals surface area contributed by atoms with Gasteiger partial charge >= 0.3 is 17.9 Å². The second kappa shape index (κ2) is 57.1. The Kier molecular flexibility index (Phi) is 53.5. The maximum Gasteiger partial charge on any atom is 0.306 e. The Morgan fingerprint density at radius 2 is 0.557 bits per heavy atom. The molecule has 0 spiro atoms. The van der Waals surface area contributed by atoms with Crippen molar-refractivity contribution < 1.29 is 28.6 Å². The lowest BCUT2D eigenvalue weighted by Gasteiger charge is -2.18. The van der Waals surface area contributed by atoms with Crippen LogP contribution in [0.4, 0.5) is 0 Å². The van der Waals surface area contributed by atoms with Gasteiger partial charge in [-0.15, -0.1) is 0 Å². The lowest BCUT2D eigenvalue weighted by molar-refractivity contribution is -0.167. The molecule has 0 aromatic rings. The summed E-state index contributed by atoms with van der Waals surface area (Å²) in [5.41, 5.74) is 0. The van der Waals surface area contributed by atoms with Gasteiger partial charge in [0, 0.05) is 19.3 Å². The molecule has 0 rings (SSSR count). The number of allylic oxidation sites excluding steroid dienone is 22. The topological polar surface area (TPSA) is 78.9 Å². The number of unbranched alkanes of at least 4 members (excludes halogenated alkanes) is 16. The van der Waals surface area contributed by atoms with Gasteiger partial charge in [-0.05, 0) is 128 Å². The lowest BCUT2D eigenvalue weighted by Crippen LogP contribution is -2.30. The fraction of sp³-hybridized carbons (Fsp3) is 0.609. The van der Waals surface area contributed by atoms with Crippen molar-refractivity contribution in [1.82, 2.24) is 0 Å². The average molecular weight is 968 g/mol. The smallest absolute Gasteiger partial charge is 0.306 e. The van der Waals surface area contributed by atoms with Gasteiger partial charge in [0.15, 0.2) is 6.10 Å². The second-order valence-corrected chi connectivity index (χ2v) is 18.1. The summed E-state index contributed by atoms with van der Waals surface area (Å²) < 4.78 is 16.8. The fourth-order valence-electron chi connectivity index (χ4n) is 7.18. The van der Waals surface area contributed by atoms with Crippen LogP contribution in [-0.4, -0.2) is 37.2 Å². The molecule has 394 valence electrons. The Balaban J connectivity index is 4.50. The number of hydrogen-bond donors (Lipinski definition) is 0. The average Bonchev–Trinajstić information content (AvgIpc) is 3.36. The maximum absolute atomic E-state index is 12.8. The Morgan fingerprint density at radius 1 is 0.300 bits per heavy atom.